The quantitative estimate of drug-likeness (QED) is 0.350. The summed E-state index contributed by atoms with van der Waals surface area (Å²) in [6.45, 7) is 0.363. The van der Waals surface area contributed by atoms with Gasteiger partial charge in [-0.2, -0.15) is 0 Å². The van der Waals surface area contributed by atoms with Crippen molar-refractivity contribution in [2.75, 3.05) is 0 Å². The highest BCUT2D eigenvalue weighted by Gasteiger charge is 2.11. The first-order valence-corrected chi connectivity index (χ1v) is 12.8. The first-order chi connectivity index (χ1) is 16.9. The molecule has 0 atom stereocenters. The van der Waals surface area contributed by atoms with Crippen molar-refractivity contribution in [2.45, 2.75) is 30.8 Å². The number of hydrogen-bond acceptors (Lipinski definition) is 5. The first kappa shape index (κ1) is 24.3. The lowest BCUT2D eigenvalue weighted by molar-refractivity contribution is -0.118. The van der Waals surface area contributed by atoms with Crippen LogP contribution < -0.4 is 9.88 Å². The van der Waals surface area contributed by atoms with Crippen molar-refractivity contribution in [3.63, 3.8) is 0 Å². The van der Waals surface area contributed by atoms with Crippen LogP contribution in [0, 0.1) is 0 Å². The van der Waals surface area contributed by atoms with E-state index in [1.807, 2.05) is 60.7 Å². The second-order valence-electron chi connectivity index (χ2n) is 8.25. The molecule has 7 heteroatoms. The van der Waals surface area contributed by atoms with E-state index in [4.69, 9.17) is 9.88 Å². The third kappa shape index (κ3) is 6.85. The zero-order chi connectivity index (χ0) is 24.7. The van der Waals surface area contributed by atoms with Crippen molar-refractivity contribution in [1.29, 1.82) is 0 Å². The lowest BCUT2D eigenvalue weighted by Gasteiger charge is -2.12. The number of hydrogen-bond donors (Lipinski definition) is 1. The molecule has 0 saturated heterocycles. The Kier molecular flexibility index (Phi) is 7.70. The van der Waals surface area contributed by atoms with E-state index in [0.29, 0.717) is 31.6 Å². The number of pyridine rings is 1. The van der Waals surface area contributed by atoms with Gasteiger partial charge in [0.2, 0.25) is 10.0 Å². The lowest BCUT2D eigenvalue weighted by atomic mass is 10.0. The largest absolute Gasteiger partial charge is 0.488 e. The molecular formula is C28H26N2O4S. The normalized spacial score (nSPS) is 11.2. The number of para-hydroxylation sites is 1. The van der Waals surface area contributed by atoms with Crippen molar-refractivity contribution < 1.29 is 17.9 Å². The predicted molar refractivity (Wildman–Crippen MR) is 135 cm³/mol. The summed E-state index contributed by atoms with van der Waals surface area (Å²) in [5, 5.41) is 5.19. The fourth-order valence-electron chi connectivity index (χ4n) is 3.72. The van der Waals surface area contributed by atoms with Crippen molar-refractivity contribution in [3.05, 3.63) is 114 Å². The van der Waals surface area contributed by atoms with Gasteiger partial charge in [0.05, 0.1) is 4.90 Å². The van der Waals surface area contributed by atoms with E-state index in [9.17, 15) is 13.2 Å². The molecule has 0 bridgehead atoms. The Balaban J connectivity index is 1.35. The maximum Gasteiger partial charge on any atom is 0.238 e. The number of Topliss-reactive ketones (excluding diaryl/α,β-unsaturated/α-hetero) is 1. The Labute approximate surface area is 205 Å². The highest BCUT2D eigenvalue weighted by atomic mass is 32.2. The van der Waals surface area contributed by atoms with E-state index in [1.54, 1.807) is 24.5 Å². The fourth-order valence-corrected chi connectivity index (χ4v) is 4.23. The number of rotatable bonds is 10. The van der Waals surface area contributed by atoms with Gasteiger partial charge in [-0.15, -0.1) is 0 Å². The molecule has 0 aliphatic rings. The predicted octanol–water partition coefficient (Wildman–Crippen LogP) is 4.72. The number of nitrogens with two attached hydrogens (primary N) is 1. The van der Waals surface area contributed by atoms with Crippen molar-refractivity contribution >= 4 is 15.8 Å². The standard InChI is InChI=1S/C28H26N2O4S/c29-35(32,33)26-15-12-24(13-16-26)27-5-1-2-6-28(27)34-20-23-9-7-21(8-10-23)18-25(31)14-11-22-4-3-17-30-19-22/h1-10,12-13,15-17,19H,11,14,18,20H2,(H2,29,32,33). The highest BCUT2D eigenvalue weighted by Crippen LogP contribution is 2.31. The number of ether oxygens (including phenoxy) is 1. The van der Waals surface area contributed by atoms with E-state index in [0.717, 1.165) is 27.8 Å². The molecular weight excluding hydrogens is 460 g/mol. The number of nitrogens with zero attached hydrogens (tertiary/aromatic N) is 1. The molecule has 0 unspecified atom stereocenters. The number of sulfonamides is 1. The molecule has 2 N–H and O–H groups in total. The monoisotopic (exact) mass is 486 g/mol. The summed E-state index contributed by atoms with van der Waals surface area (Å²) in [6.07, 6.45) is 5.11. The Morgan fingerprint density at radius 3 is 2.23 bits per heavy atom. The molecule has 3 aromatic carbocycles. The maximum atomic E-state index is 12.3. The van der Waals surface area contributed by atoms with Gasteiger partial charge in [0.1, 0.15) is 18.1 Å². The zero-order valence-electron chi connectivity index (χ0n) is 19.1. The van der Waals surface area contributed by atoms with Crippen LogP contribution in [0.2, 0.25) is 0 Å². The summed E-state index contributed by atoms with van der Waals surface area (Å²) >= 11 is 0. The second kappa shape index (κ2) is 11.1. The van der Waals surface area contributed by atoms with E-state index < -0.39 is 10.0 Å². The van der Waals surface area contributed by atoms with Crippen LogP contribution in [0.5, 0.6) is 5.75 Å². The smallest absolute Gasteiger partial charge is 0.238 e. The SMILES string of the molecule is NS(=O)(=O)c1ccc(-c2ccccc2OCc2ccc(CC(=O)CCc3cccnc3)cc2)cc1. The number of ketones is 1. The van der Waals surface area contributed by atoms with Gasteiger partial charge in [-0.25, -0.2) is 13.6 Å². The Hall–Kier alpha value is -3.81. The number of benzene rings is 3. The number of aromatic nitrogens is 1. The molecule has 1 heterocycles. The molecule has 0 amide bonds. The summed E-state index contributed by atoms with van der Waals surface area (Å²) in [7, 11) is -3.74. The van der Waals surface area contributed by atoms with Gasteiger partial charge >= 0.3 is 0 Å². The molecule has 0 saturated carbocycles. The van der Waals surface area contributed by atoms with Gasteiger partial charge in [-0.3, -0.25) is 9.78 Å². The molecule has 178 valence electrons. The van der Waals surface area contributed by atoms with Crippen molar-refractivity contribution in [2.24, 2.45) is 5.14 Å². The van der Waals surface area contributed by atoms with Crippen LogP contribution in [-0.2, 0) is 34.3 Å². The Morgan fingerprint density at radius 2 is 1.54 bits per heavy atom. The molecule has 35 heavy (non-hydrogen) atoms. The summed E-state index contributed by atoms with van der Waals surface area (Å²) in [5.74, 6) is 0.880. The maximum absolute atomic E-state index is 12.3. The number of primary sulfonamides is 1. The van der Waals surface area contributed by atoms with Gasteiger partial charge < -0.3 is 4.74 Å². The minimum absolute atomic E-state index is 0.0651. The third-order valence-corrected chi connectivity index (χ3v) is 6.54. The zero-order valence-corrected chi connectivity index (χ0v) is 19.9. The molecule has 4 rings (SSSR count). The Morgan fingerprint density at radius 1 is 0.829 bits per heavy atom. The molecule has 0 aliphatic heterocycles. The van der Waals surface area contributed by atoms with Crippen molar-refractivity contribution in [1.82, 2.24) is 4.98 Å². The van der Waals surface area contributed by atoms with Crippen LogP contribution in [0.15, 0.2) is 102 Å². The number of carbonyl (C=O) groups excluding carboxylic acids is 1. The van der Waals surface area contributed by atoms with E-state index in [1.165, 1.54) is 12.1 Å². The molecule has 6 nitrogen and oxygen atoms in total. The Bertz CT molecular complexity index is 1390. The van der Waals surface area contributed by atoms with Crippen molar-refractivity contribution in [3.8, 4) is 16.9 Å². The first-order valence-electron chi connectivity index (χ1n) is 11.2. The van der Waals surface area contributed by atoms with Gasteiger partial charge in [0, 0.05) is 30.8 Å². The van der Waals surface area contributed by atoms with Gasteiger partial charge in [-0.1, -0.05) is 60.7 Å². The van der Waals surface area contributed by atoms with E-state index >= 15 is 0 Å². The van der Waals surface area contributed by atoms with Crippen LogP contribution in [-0.4, -0.2) is 19.2 Å². The van der Waals surface area contributed by atoms with Crippen LogP contribution in [0.1, 0.15) is 23.1 Å². The van der Waals surface area contributed by atoms with Crippen LogP contribution >= 0.6 is 0 Å². The van der Waals surface area contributed by atoms with Crippen LogP contribution in [0.4, 0.5) is 0 Å². The van der Waals surface area contributed by atoms with Crippen LogP contribution in [0.25, 0.3) is 11.1 Å². The lowest BCUT2D eigenvalue weighted by Crippen LogP contribution is -2.11. The number of aryl methyl sites for hydroxylation is 1. The highest BCUT2D eigenvalue weighted by molar-refractivity contribution is 7.89. The molecule has 0 spiro atoms. The molecule has 1 aromatic heterocycles. The summed E-state index contributed by atoms with van der Waals surface area (Å²) < 4.78 is 29.1. The van der Waals surface area contributed by atoms with E-state index in [-0.39, 0.29) is 10.7 Å². The average molecular weight is 487 g/mol. The third-order valence-electron chi connectivity index (χ3n) is 5.61. The molecule has 0 radical (unpaired) electrons. The topological polar surface area (TPSA) is 99.4 Å². The molecule has 4 aromatic rings. The van der Waals surface area contributed by atoms with Crippen LogP contribution in [0.3, 0.4) is 0 Å². The van der Waals surface area contributed by atoms with Gasteiger partial charge in [0.15, 0.2) is 0 Å². The second-order valence-corrected chi connectivity index (χ2v) is 9.81. The van der Waals surface area contributed by atoms with E-state index in [2.05, 4.69) is 4.98 Å². The van der Waals surface area contributed by atoms with Gasteiger partial charge in [-0.05, 0) is 52.9 Å². The minimum Gasteiger partial charge on any atom is -0.488 e. The fraction of sp³-hybridized carbons (Fsp3) is 0.143. The average Bonchev–Trinajstić information content (AvgIpc) is 2.87. The summed E-state index contributed by atoms with van der Waals surface area (Å²) in [5.41, 5.74) is 4.70. The summed E-state index contributed by atoms with van der Waals surface area (Å²) in [4.78, 5) is 16.5. The van der Waals surface area contributed by atoms with Gasteiger partial charge in [0.25, 0.3) is 0 Å². The number of carbonyl (C=O) groups is 1. The molecule has 0 aliphatic carbocycles. The molecule has 0 fully saturated rings. The minimum atomic E-state index is -3.74. The summed E-state index contributed by atoms with van der Waals surface area (Å²) in [6, 6.07) is 25.7.